The Labute approximate surface area is 112 Å². The summed E-state index contributed by atoms with van der Waals surface area (Å²) in [6.45, 7) is 6.45. The van der Waals surface area contributed by atoms with E-state index in [0.29, 0.717) is 18.3 Å². The molecule has 0 amide bonds. The van der Waals surface area contributed by atoms with E-state index < -0.39 is 0 Å². The molecule has 0 aliphatic heterocycles. The van der Waals surface area contributed by atoms with Crippen LogP contribution in [-0.2, 0) is 6.54 Å². The van der Waals surface area contributed by atoms with Crippen molar-refractivity contribution in [1.29, 1.82) is 0 Å². The minimum atomic E-state index is 0.211. The number of benzene rings is 1. The molecule has 0 atom stereocenters. The zero-order valence-electron chi connectivity index (χ0n) is 10.8. The Morgan fingerprint density at radius 3 is 2.33 bits per heavy atom. The second kappa shape index (κ2) is 7.61. The van der Waals surface area contributed by atoms with Crippen molar-refractivity contribution < 1.29 is 0 Å². The Kier molecular flexibility index (Phi) is 6.08. The van der Waals surface area contributed by atoms with E-state index in [2.05, 4.69) is 20.3 Å². The van der Waals surface area contributed by atoms with E-state index in [4.69, 9.17) is 11.6 Å². The van der Waals surface area contributed by atoms with E-state index in [1.54, 1.807) is 6.92 Å². The first-order chi connectivity index (χ1) is 8.74. The predicted octanol–water partition coefficient (Wildman–Crippen LogP) is 3.47. The molecule has 0 aliphatic rings. The van der Waals surface area contributed by atoms with Gasteiger partial charge in [-0.3, -0.25) is 0 Å². The second-order valence-electron chi connectivity index (χ2n) is 3.31. The lowest BCUT2D eigenvalue weighted by atomic mass is 10.2. The van der Waals surface area contributed by atoms with Crippen molar-refractivity contribution in [3.8, 4) is 0 Å². The number of hydrogen-bond donors (Lipinski definition) is 1. The van der Waals surface area contributed by atoms with E-state index in [1.807, 2.05) is 44.2 Å². The van der Waals surface area contributed by atoms with Crippen molar-refractivity contribution >= 4 is 17.5 Å². The molecule has 2 rings (SSSR count). The Morgan fingerprint density at radius 2 is 1.72 bits per heavy atom. The fourth-order valence-corrected chi connectivity index (χ4v) is 1.51. The molecule has 0 aliphatic carbocycles. The number of anilines is 1. The Morgan fingerprint density at radius 1 is 1.06 bits per heavy atom. The summed E-state index contributed by atoms with van der Waals surface area (Å²) in [6.07, 6.45) is 0. The molecule has 0 radical (unpaired) electrons. The van der Waals surface area contributed by atoms with Gasteiger partial charge in [0.15, 0.2) is 0 Å². The Hall–Kier alpha value is -1.68. The van der Waals surface area contributed by atoms with Crippen LogP contribution in [0.25, 0.3) is 0 Å². The topological polar surface area (TPSA) is 50.7 Å². The van der Waals surface area contributed by atoms with Gasteiger partial charge in [0.05, 0.1) is 0 Å². The van der Waals surface area contributed by atoms with Crippen LogP contribution in [0, 0.1) is 6.92 Å². The first-order valence-corrected chi connectivity index (χ1v) is 6.28. The maximum atomic E-state index is 5.73. The van der Waals surface area contributed by atoms with Crippen LogP contribution in [0.5, 0.6) is 0 Å². The second-order valence-corrected chi connectivity index (χ2v) is 3.65. The first-order valence-electron chi connectivity index (χ1n) is 5.90. The summed E-state index contributed by atoms with van der Waals surface area (Å²) in [4.78, 5) is 12.0. The summed E-state index contributed by atoms with van der Waals surface area (Å²) >= 11 is 5.73. The third-order valence-corrected chi connectivity index (χ3v) is 2.18. The monoisotopic (exact) mass is 264 g/mol. The summed E-state index contributed by atoms with van der Waals surface area (Å²) in [6, 6.07) is 10.0. The number of hydrogen-bond acceptors (Lipinski definition) is 4. The van der Waals surface area contributed by atoms with Crippen LogP contribution in [-0.4, -0.2) is 15.0 Å². The maximum Gasteiger partial charge on any atom is 0.227 e. The van der Waals surface area contributed by atoms with Crippen LogP contribution in [0.2, 0.25) is 5.28 Å². The molecule has 4 nitrogen and oxygen atoms in total. The maximum absolute atomic E-state index is 5.73. The molecule has 5 heteroatoms. The highest BCUT2D eigenvalue weighted by molar-refractivity contribution is 6.28. The molecule has 0 bridgehead atoms. The smallest absolute Gasteiger partial charge is 0.227 e. The van der Waals surface area contributed by atoms with Crippen LogP contribution in [0.3, 0.4) is 0 Å². The van der Waals surface area contributed by atoms with E-state index in [0.717, 1.165) is 5.56 Å². The average molecular weight is 265 g/mol. The number of nitrogens with one attached hydrogen (secondary N) is 1. The molecular formula is C13H17ClN4. The standard InChI is InChI=1S/C11H11ClN4.C2H6/c1-8-14-10(12)16-11(15-8)13-7-9-5-3-2-4-6-9;1-2/h2-6H,7H2,1H3,(H,13,14,15,16);1-2H3. The largest absolute Gasteiger partial charge is 0.350 e. The van der Waals surface area contributed by atoms with Crippen LogP contribution >= 0.6 is 11.6 Å². The van der Waals surface area contributed by atoms with Crippen molar-refractivity contribution in [2.45, 2.75) is 27.3 Å². The van der Waals surface area contributed by atoms with Gasteiger partial charge in [0.2, 0.25) is 11.2 Å². The zero-order chi connectivity index (χ0) is 13.4. The third kappa shape index (κ3) is 4.67. The molecule has 0 saturated heterocycles. The highest BCUT2D eigenvalue weighted by Crippen LogP contribution is 2.07. The minimum absolute atomic E-state index is 0.211. The van der Waals surface area contributed by atoms with Crippen LogP contribution in [0.1, 0.15) is 25.2 Å². The Bertz CT molecular complexity index is 453. The summed E-state index contributed by atoms with van der Waals surface area (Å²) in [5.74, 6) is 1.11. The van der Waals surface area contributed by atoms with Crippen molar-refractivity contribution in [3.05, 3.63) is 47.0 Å². The summed E-state index contributed by atoms with van der Waals surface area (Å²) in [5.41, 5.74) is 1.16. The van der Waals surface area contributed by atoms with Gasteiger partial charge in [-0.15, -0.1) is 0 Å². The molecule has 1 aromatic carbocycles. The fourth-order valence-electron chi connectivity index (χ4n) is 1.31. The normalized spacial score (nSPS) is 9.33. The zero-order valence-corrected chi connectivity index (χ0v) is 11.6. The number of halogens is 1. The lowest BCUT2D eigenvalue weighted by Crippen LogP contribution is -2.05. The van der Waals surface area contributed by atoms with E-state index in [-0.39, 0.29) is 5.28 Å². The highest BCUT2D eigenvalue weighted by atomic mass is 35.5. The van der Waals surface area contributed by atoms with Crippen LogP contribution in [0.4, 0.5) is 5.95 Å². The van der Waals surface area contributed by atoms with Crippen LogP contribution in [0.15, 0.2) is 30.3 Å². The molecule has 0 fully saturated rings. The van der Waals surface area contributed by atoms with Gasteiger partial charge in [0.1, 0.15) is 5.82 Å². The van der Waals surface area contributed by atoms with Gasteiger partial charge in [-0.05, 0) is 24.1 Å². The molecule has 1 heterocycles. The predicted molar refractivity (Wildman–Crippen MR) is 74.7 cm³/mol. The van der Waals surface area contributed by atoms with Gasteiger partial charge >= 0.3 is 0 Å². The number of rotatable bonds is 3. The van der Waals surface area contributed by atoms with E-state index in [9.17, 15) is 0 Å². The van der Waals surface area contributed by atoms with Crippen molar-refractivity contribution in [2.75, 3.05) is 5.32 Å². The van der Waals surface area contributed by atoms with Crippen molar-refractivity contribution in [2.24, 2.45) is 0 Å². The quantitative estimate of drug-likeness (QED) is 0.922. The molecule has 18 heavy (non-hydrogen) atoms. The van der Waals surface area contributed by atoms with Crippen molar-refractivity contribution in [1.82, 2.24) is 15.0 Å². The summed E-state index contributed by atoms with van der Waals surface area (Å²) in [7, 11) is 0. The van der Waals surface area contributed by atoms with E-state index >= 15 is 0 Å². The summed E-state index contributed by atoms with van der Waals surface area (Å²) < 4.78 is 0. The number of aryl methyl sites for hydroxylation is 1. The van der Waals surface area contributed by atoms with Gasteiger partial charge in [-0.1, -0.05) is 44.2 Å². The van der Waals surface area contributed by atoms with Gasteiger partial charge < -0.3 is 5.32 Å². The van der Waals surface area contributed by atoms with Gasteiger partial charge in [0, 0.05) is 6.54 Å². The minimum Gasteiger partial charge on any atom is -0.350 e. The summed E-state index contributed by atoms with van der Waals surface area (Å²) in [5, 5.41) is 3.31. The lowest BCUT2D eigenvalue weighted by Gasteiger charge is -2.05. The molecule has 96 valence electrons. The van der Waals surface area contributed by atoms with Crippen LogP contribution < -0.4 is 5.32 Å². The highest BCUT2D eigenvalue weighted by Gasteiger charge is 2.00. The molecule has 2 aromatic rings. The lowest BCUT2D eigenvalue weighted by molar-refractivity contribution is 0.953. The average Bonchev–Trinajstić information content (AvgIpc) is 2.39. The number of nitrogens with zero attached hydrogens (tertiary/aromatic N) is 3. The van der Waals surface area contributed by atoms with Gasteiger partial charge in [0.25, 0.3) is 0 Å². The Balaban J connectivity index is 0.000000771. The molecule has 0 spiro atoms. The van der Waals surface area contributed by atoms with Gasteiger partial charge in [-0.2, -0.15) is 9.97 Å². The van der Waals surface area contributed by atoms with Crippen molar-refractivity contribution in [3.63, 3.8) is 0 Å². The van der Waals surface area contributed by atoms with E-state index in [1.165, 1.54) is 0 Å². The van der Waals surface area contributed by atoms with Gasteiger partial charge in [-0.25, -0.2) is 4.98 Å². The molecule has 1 N–H and O–H groups in total. The molecule has 0 unspecified atom stereocenters. The molecular weight excluding hydrogens is 248 g/mol. The molecule has 0 saturated carbocycles. The molecule has 1 aromatic heterocycles. The third-order valence-electron chi connectivity index (χ3n) is 2.01. The fraction of sp³-hybridized carbons (Fsp3) is 0.308. The SMILES string of the molecule is CC.Cc1nc(Cl)nc(NCc2ccccc2)n1. The number of aromatic nitrogens is 3. The first kappa shape index (κ1) is 14.4.